The third kappa shape index (κ3) is 3.27. The molecular weight excluding hydrogens is 350 g/mol. The summed E-state index contributed by atoms with van der Waals surface area (Å²) in [5.74, 6) is 1.14. The predicted molar refractivity (Wildman–Crippen MR) is 113 cm³/mol. The highest BCUT2D eigenvalue weighted by Crippen LogP contribution is 2.27. The third-order valence-corrected chi connectivity index (χ3v) is 5.98. The van der Waals surface area contributed by atoms with Crippen molar-refractivity contribution in [1.82, 2.24) is 4.98 Å². The highest BCUT2D eigenvalue weighted by molar-refractivity contribution is 6.10. The average molecular weight is 378 g/mol. The number of Topliss-reactive ketones (excluding diaryl/α,β-unsaturated/α-hetero) is 1. The number of fused-ring (bicyclic) bond motifs is 1. The first-order valence-corrected chi connectivity index (χ1v) is 9.94. The number of aromatic nitrogens is 1. The number of carbonyl (C=O) groups is 1. The summed E-state index contributed by atoms with van der Waals surface area (Å²) in [4.78, 5) is 20.4. The summed E-state index contributed by atoms with van der Waals surface area (Å²) in [5.41, 5.74) is 3.98. The van der Waals surface area contributed by atoms with Crippen LogP contribution in [0.2, 0.25) is 0 Å². The molecule has 0 amide bonds. The van der Waals surface area contributed by atoms with Crippen LogP contribution in [0.3, 0.4) is 0 Å². The minimum atomic E-state index is -0.0577. The molecule has 4 rings (SSSR count). The van der Waals surface area contributed by atoms with E-state index in [1.54, 1.807) is 7.11 Å². The summed E-state index contributed by atoms with van der Waals surface area (Å²) < 4.78 is 5.51. The Labute approximate surface area is 165 Å². The van der Waals surface area contributed by atoms with Crippen LogP contribution >= 0.6 is 0 Å². The largest absolute Gasteiger partial charge is 0.495 e. The minimum absolute atomic E-state index is 0.0577. The maximum absolute atomic E-state index is 13.3. The number of rotatable bonds is 5. The topological polar surface area (TPSA) is 49.8 Å². The summed E-state index contributed by atoms with van der Waals surface area (Å²) in [6, 6.07) is 16.1. The van der Waals surface area contributed by atoms with Crippen molar-refractivity contribution in [2.24, 2.45) is 0 Å². The lowest BCUT2D eigenvalue weighted by Crippen LogP contribution is -3.18. The molecule has 1 fully saturated rings. The molecule has 0 aliphatic carbocycles. The first kappa shape index (κ1) is 18.6. The van der Waals surface area contributed by atoms with Gasteiger partial charge in [0.15, 0.2) is 0 Å². The van der Waals surface area contributed by atoms with Crippen molar-refractivity contribution in [1.29, 1.82) is 0 Å². The Balaban J connectivity index is 1.48. The summed E-state index contributed by atoms with van der Waals surface area (Å²) >= 11 is 0. The van der Waals surface area contributed by atoms with Gasteiger partial charge >= 0.3 is 0 Å². The Morgan fingerprint density at radius 2 is 1.79 bits per heavy atom. The van der Waals surface area contributed by atoms with Crippen LogP contribution in [0.15, 0.2) is 48.5 Å². The number of aromatic amines is 1. The Bertz CT molecular complexity index is 986. The number of aryl methyl sites for hydroxylation is 1. The molecule has 2 heterocycles. The number of piperazine rings is 1. The first-order valence-electron chi connectivity index (χ1n) is 9.94. The number of benzene rings is 2. The number of ether oxygens (including phenoxy) is 1. The van der Waals surface area contributed by atoms with Gasteiger partial charge in [0.05, 0.1) is 44.5 Å². The van der Waals surface area contributed by atoms with Gasteiger partial charge in [-0.15, -0.1) is 0 Å². The van der Waals surface area contributed by atoms with E-state index in [2.05, 4.69) is 22.9 Å². The van der Waals surface area contributed by atoms with Gasteiger partial charge in [0.1, 0.15) is 11.8 Å². The fourth-order valence-corrected chi connectivity index (χ4v) is 4.35. The van der Waals surface area contributed by atoms with Gasteiger partial charge in [-0.2, -0.15) is 0 Å². The maximum Gasteiger partial charge on any atom is 0.222 e. The fraction of sp³-hybridized carbons (Fsp3) is 0.348. The molecule has 28 heavy (non-hydrogen) atoms. The van der Waals surface area contributed by atoms with Crippen LogP contribution in [-0.2, 0) is 0 Å². The van der Waals surface area contributed by atoms with Crippen LogP contribution in [0.1, 0.15) is 23.0 Å². The minimum Gasteiger partial charge on any atom is -0.495 e. The van der Waals surface area contributed by atoms with E-state index in [0.717, 1.165) is 59.8 Å². The first-order chi connectivity index (χ1) is 13.6. The van der Waals surface area contributed by atoms with E-state index < -0.39 is 0 Å². The lowest BCUT2D eigenvalue weighted by Gasteiger charge is -2.36. The van der Waals surface area contributed by atoms with Crippen molar-refractivity contribution in [3.8, 4) is 5.75 Å². The van der Waals surface area contributed by atoms with Gasteiger partial charge in [0.2, 0.25) is 5.78 Å². The van der Waals surface area contributed by atoms with Crippen molar-refractivity contribution in [3.05, 3.63) is 59.8 Å². The van der Waals surface area contributed by atoms with E-state index >= 15 is 0 Å². The molecule has 0 bridgehead atoms. The van der Waals surface area contributed by atoms with Crippen molar-refractivity contribution in [3.63, 3.8) is 0 Å². The van der Waals surface area contributed by atoms with E-state index in [1.807, 2.05) is 49.4 Å². The van der Waals surface area contributed by atoms with Crippen LogP contribution in [0.25, 0.3) is 10.9 Å². The van der Waals surface area contributed by atoms with Crippen LogP contribution < -0.4 is 14.5 Å². The predicted octanol–water partition coefficient (Wildman–Crippen LogP) is 2.46. The van der Waals surface area contributed by atoms with E-state index in [9.17, 15) is 4.79 Å². The highest BCUT2D eigenvalue weighted by atomic mass is 16.5. The van der Waals surface area contributed by atoms with Gasteiger partial charge in [0, 0.05) is 16.6 Å². The van der Waals surface area contributed by atoms with Gasteiger partial charge in [-0.1, -0.05) is 30.3 Å². The molecule has 1 atom stereocenters. The number of ketones is 1. The molecule has 146 valence electrons. The number of H-pyrrole nitrogens is 1. The number of carbonyl (C=O) groups excluding carboxylic acids is 1. The number of methoxy groups -OCH3 is 1. The van der Waals surface area contributed by atoms with Crippen molar-refractivity contribution in [2.45, 2.75) is 19.9 Å². The summed E-state index contributed by atoms with van der Waals surface area (Å²) in [6.07, 6.45) is 0. The summed E-state index contributed by atoms with van der Waals surface area (Å²) in [6.45, 7) is 7.77. The number of quaternary nitrogens is 1. The molecule has 1 aliphatic heterocycles. The van der Waals surface area contributed by atoms with Crippen LogP contribution in [0.4, 0.5) is 5.69 Å². The molecule has 1 aromatic heterocycles. The van der Waals surface area contributed by atoms with Crippen molar-refractivity contribution < 1.29 is 14.4 Å². The quantitative estimate of drug-likeness (QED) is 0.671. The molecule has 1 saturated heterocycles. The number of anilines is 1. The van der Waals surface area contributed by atoms with Gasteiger partial charge in [0.25, 0.3) is 0 Å². The number of para-hydroxylation sites is 3. The summed E-state index contributed by atoms with van der Waals surface area (Å²) in [5, 5.41) is 1.03. The zero-order valence-electron chi connectivity index (χ0n) is 16.8. The lowest BCUT2D eigenvalue weighted by molar-refractivity contribution is -0.914. The molecule has 2 N–H and O–H groups in total. The molecule has 3 aromatic rings. The second kappa shape index (κ2) is 7.68. The second-order valence-corrected chi connectivity index (χ2v) is 7.57. The van der Waals surface area contributed by atoms with Gasteiger partial charge in [-0.05, 0) is 32.0 Å². The molecule has 0 radical (unpaired) electrons. The van der Waals surface area contributed by atoms with E-state index in [0.29, 0.717) is 0 Å². The Morgan fingerprint density at radius 1 is 1.11 bits per heavy atom. The molecule has 0 unspecified atom stereocenters. The smallest absolute Gasteiger partial charge is 0.222 e. The maximum atomic E-state index is 13.3. The number of hydrogen-bond acceptors (Lipinski definition) is 3. The Hall–Kier alpha value is -2.79. The van der Waals surface area contributed by atoms with Gasteiger partial charge in [-0.25, -0.2) is 0 Å². The van der Waals surface area contributed by atoms with E-state index in [-0.39, 0.29) is 11.8 Å². The molecule has 0 spiro atoms. The fourth-order valence-electron chi connectivity index (χ4n) is 4.35. The van der Waals surface area contributed by atoms with E-state index in [4.69, 9.17) is 4.74 Å². The van der Waals surface area contributed by atoms with Crippen LogP contribution in [-0.4, -0.2) is 50.1 Å². The van der Waals surface area contributed by atoms with Crippen LogP contribution in [0.5, 0.6) is 5.75 Å². The number of nitrogens with one attached hydrogen (secondary N) is 2. The zero-order valence-corrected chi connectivity index (χ0v) is 16.8. The Morgan fingerprint density at radius 3 is 2.54 bits per heavy atom. The molecule has 0 saturated carbocycles. The molecule has 5 heteroatoms. The zero-order chi connectivity index (χ0) is 19.7. The molecular formula is C23H28N3O2+. The lowest BCUT2D eigenvalue weighted by atomic mass is 10.0. The van der Waals surface area contributed by atoms with Crippen LogP contribution in [0, 0.1) is 6.92 Å². The summed E-state index contributed by atoms with van der Waals surface area (Å²) in [7, 11) is 1.71. The highest BCUT2D eigenvalue weighted by Gasteiger charge is 2.32. The molecule has 2 aromatic carbocycles. The Kier molecular flexibility index (Phi) is 5.09. The van der Waals surface area contributed by atoms with Gasteiger partial charge < -0.3 is 19.5 Å². The number of nitrogens with zero attached hydrogens (tertiary/aromatic N) is 1. The number of hydrogen-bond donors (Lipinski definition) is 2. The second-order valence-electron chi connectivity index (χ2n) is 7.57. The monoisotopic (exact) mass is 378 g/mol. The standard InChI is InChI=1S/C23H27N3O2/c1-16-22(18-8-4-5-9-19(18)24-16)23(27)17(2)25-12-14-26(15-13-25)20-10-6-7-11-21(20)28-3/h4-11,17,24H,12-15H2,1-3H3/p+1/t17-/m0/s1. The van der Waals surface area contributed by atoms with Crippen molar-refractivity contribution in [2.75, 3.05) is 38.2 Å². The normalized spacial score (nSPS) is 16.3. The van der Waals surface area contributed by atoms with Gasteiger partial charge in [-0.3, -0.25) is 4.79 Å². The average Bonchev–Trinajstić information content (AvgIpc) is 3.08. The molecule has 5 nitrogen and oxygen atoms in total. The van der Waals surface area contributed by atoms with Crippen molar-refractivity contribution >= 4 is 22.4 Å². The molecule has 1 aliphatic rings. The third-order valence-electron chi connectivity index (χ3n) is 5.98. The van der Waals surface area contributed by atoms with E-state index in [1.165, 1.54) is 4.90 Å². The SMILES string of the molecule is COc1ccccc1N1CC[NH+]([C@@H](C)C(=O)c2c(C)[nH]c3ccccc23)CC1.